The second-order valence-corrected chi connectivity index (χ2v) is 18.0. The zero-order valence-corrected chi connectivity index (χ0v) is 34.9. The standard InChI is InChI=1S/C54H27B3F6N4/c58-28-1-10-34(11-2-28)64-43-19-7-31(61)25-40(43)55-38-17-23-47-50-53(38)67-52-37(16-22-46(64)49(52)55)56-41-26-32(62)8-20-44(41)65(35-12-3-29(59)4-13-35)48-24-18-39(54(67)51(48)56)57(50)42-27-33(63)9-21-45(42)66(47)36-14-5-30(60)6-15-36/h1-27H. The largest absolute Gasteiger partial charge is 0.313 e. The fraction of sp³-hybridized carbons (Fsp3) is 0. The molecule has 67 heavy (non-hydrogen) atoms. The molecule has 6 aliphatic rings. The molecule has 6 aliphatic heterocycles. The molecule has 0 spiro atoms. The molecule has 314 valence electrons. The molecule has 0 radical (unpaired) electrons. The third-order valence-corrected chi connectivity index (χ3v) is 14.7. The summed E-state index contributed by atoms with van der Waals surface area (Å²) in [6.07, 6.45) is 0. The average Bonchev–Trinajstić information content (AvgIpc) is 3.33. The minimum atomic E-state index is -0.518. The molecule has 9 aromatic rings. The van der Waals surface area contributed by atoms with Crippen molar-refractivity contribution in [3.8, 4) is 0 Å². The van der Waals surface area contributed by atoms with Gasteiger partial charge in [0.05, 0.1) is 0 Å². The van der Waals surface area contributed by atoms with E-state index in [0.717, 1.165) is 84.0 Å². The summed E-state index contributed by atoms with van der Waals surface area (Å²) in [6, 6.07) is 45.7. The van der Waals surface area contributed by atoms with Gasteiger partial charge in [-0.3, -0.25) is 0 Å². The molecule has 15 rings (SSSR count). The van der Waals surface area contributed by atoms with Crippen molar-refractivity contribution in [1.29, 1.82) is 0 Å². The van der Waals surface area contributed by atoms with Gasteiger partial charge in [0.2, 0.25) is 0 Å². The summed E-state index contributed by atoms with van der Waals surface area (Å²) in [5.74, 6) is -2.42. The molecule has 0 atom stereocenters. The van der Waals surface area contributed by atoms with Gasteiger partial charge >= 0.3 is 0 Å². The van der Waals surface area contributed by atoms with E-state index in [4.69, 9.17) is 0 Å². The average molecular weight is 878 g/mol. The van der Waals surface area contributed by atoms with Crippen molar-refractivity contribution in [3.63, 3.8) is 0 Å². The summed E-state index contributed by atoms with van der Waals surface area (Å²) >= 11 is 0. The van der Waals surface area contributed by atoms with E-state index in [1.807, 2.05) is 0 Å². The highest BCUT2D eigenvalue weighted by Gasteiger charge is 2.56. The smallest absolute Gasteiger partial charge is 0.252 e. The first-order valence-corrected chi connectivity index (χ1v) is 22.1. The first-order valence-electron chi connectivity index (χ1n) is 22.1. The first-order chi connectivity index (χ1) is 32.7. The highest BCUT2D eigenvalue weighted by Crippen LogP contribution is 2.50. The van der Waals surface area contributed by atoms with Crippen molar-refractivity contribution in [2.75, 3.05) is 19.6 Å². The molecule has 0 aromatic heterocycles. The van der Waals surface area contributed by atoms with Crippen LogP contribution in [0.3, 0.4) is 0 Å². The van der Waals surface area contributed by atoms with Crippen LogP contribution in [0.4, 0.5) is 94.6 Å². The zero-order chi connectivity index (χ0) is 44.7. The van der Waals surface area contributed by atoms with Crippen molar-refractivity contribution in [2.24, 2.45) is 0 Å². The van der Waals surface area contributed by atoms with Crippen LogP contribution in [0.5, 0.6) is 0 Å². The van der Waals surface area contributed by atoms with Crippen molar-refractivity contribution in [3.05, 3.63) is 199 Å². The second kappa shape index (κ2) is 12.9. The second-order valence-electron chi connectivity index (χ2n) is 18.0. The van der Waals surface area contributed by atoms with E-state index in [1.165, 1.54) is 54.6 Å². The maximum Gasteiger partial charge on any atom is 0.252 e. The topological polar surface area (TPSA) is 13.0 Å². The van der Waals surface area contributed by atoms with E-state index in [9.17, 15) is 13.2 Å². The van der Waals surface area contributed by atoms with Gasteiger partial charge in [0.1, 0.15) is 34.9 Å². The van der Waals surface area contributed by atoms with Crippen molar-refractivity contribution >= 4 is 138 Å². The Balaban J connectivity index is 1.11. The summed E-state index contributed by atoms with van der Waals surface area (Å²) < 4.78 is 91.9. The molecule has 0 unspecified atom stereocenters. The molecular formula is C54H27B3F6N4. The highest BCUT2D eigenvalue weighted by molar-refractivity contribution is 7.08. The van der Waals surface area contributed by atoms with E-state index in [0.29, 0.717) is 33.5 Å². The van der Waals surface area contributed by atoms with Gasteiger partial charge in [-0.15, -0.1) is 0 Å². The molecule has 13 heteroatoms. The minimum Gasteiger partial charge on any atom is -0.313 e. The van der Waals surface area contributed by atoms with Crippen LogP contribution in [0.15, 0.2) is 164 Å². The Bertz CT molecular complexity index is 3330. The van der Waals surface area contributed by atoms with Gasteiger partial charge in [0.25, 0.3) is 20.1 Å². The van der Waals surface area contributed by atoms with E-state index in [2.05, 4.69) is 56.0 Å². The molecule has 6 heterocycles. The highest BCUT2D eigenvalue weighted by atomic mass is 19.1. The lowest BCUT2D eigenvalue weighted by Crippen LogP contribution is -2.74. The molecule has 0 saturated heterocycles. The van der Waals surface area contributed by atoms with Gasteiger partial charge in [-0.2, -0.15) is 0 Å². The minimum absolute atomic E-state index is 0.389. The van der Waals surface area contributed by atoms with Crippen LogP contribution in [0.2, 0.25) is 0 Å². The third-order valence-electron chi connectivity index (χ3n) is 14.7. The molecule has 0 bridgehead atoms. The van der Waals surface area contributed by atoms with Crippen LogP contribution in [0.1, 0.15) is 0 Å². The molecule has 0 amide bonds. The molecule has 0 saturated carbocycles. The van der Waals surface area contributed by atoms with Crippen LogP contribution in [-0.4, -0.2) is 20.1 Å². The van der Waals surface area contributed by atoms with Crippen LogP contribution < -0.4 is 68.8 Å². The number of hydrogen-bond donors (Lipinski definition) is 0. The Morgan fingerprint density at radius 3 is 0.776 bits per heavy atom. The fourth-order valence-corrected chi connectivity index (χ4v) is 12.4. The molecule has 0 fully saturated rings. The number of nitrogens with zero attached hydrogens (tertiary/aromatic N) is 4. The molecule has 4 nitrogen and oxygen atoms in total. The Morgan fingerprint density at radius 1 is 0.239 bits per heavy atom. The predicted molar refractivity (Wildman–Crippen MR) is 259 cm³/mol. The number of fused-ring (bicyclic) bond motifs is 9. The van der Waals surface area contributed by atoms with Crippen molar-refractivity contribution in [1.82, 2.24) is 0 Å². The zero-order valence-electron chi connectivity index (χ0n) is 34.9. The predicted octanol–water partition coefficient (Wildman–Crippen LogP) is 7.83. The van der Waals surface area contributed by atoms with Gasteiger partial charge in [0, 0.05) is 68.2 Å². The SMILES string of the molecule is Fc1ccc(N2c3ccc(F)cc3B3c4ccc5c6c4N4c7c(ccc2c73)B2c3cc(F)ccc3N(c3ccc(F)cc3)c3ccc(c4c32)B6c2cc(F)ccc2N5c2ccc(F)cc2)cc1. The summed E-state index contributed by atoms with van der Waals surface area (Å²) in [4.78, 5) is 8.50. The van der Waals surface area contributed by atoms with Crippen LogP contribution in [-0.2, 0) is 0 Å². The summed E-state index contributed by atoms with van der Waals surface area (Å²) in [7, 11) is 0. The lowest BCUT2D eigenvalue weighted by atomic mass is 9.25. The first kappa shape index (κ1) is 37.2. The van der Waals surface area contributed by atoms with Gasteiger partial charge in [-0.25, -0.2) is 26.3 Å². The Labute approximate surface area is 380 Å². The van der Waals surface area contributed by atoms with Gasteiger partial charge in [-0.1, -0.05) is 18.2 Å². The van der Waals surface area contributed by atoms with Gasteiger partial charge in [0.15, 0.2) is 0 Å². The van der Waals surface area contributed by atoms with Crippen LogP contribution in [0, 0.1) is 34.9 Å². The number of anilines is 12. The lowest BCUT2D eigenvalue weighted by molar-refractivity contribution is 0.627. The van der Waals surface area contributed by atoms with Gasteiger partial charge < -0.3 is 19.6 Å². The van der Waals surface area contributed by atoms with E-state index in [1.54, 1.807) is 72.8 Å². The maximum absolute atomic E-state index is 16.0. The van der Waals surface area contributed by atoms with E-state index < -0.39 is 37.6 Å². The summed E-state index contributed by atoms with van der Waals surface area (Å²) in [5.41, 5.74) is 16.9. The molecule has 0 aliphatic carbocycles. The Hall–Kier alpha value is -8.05. The molecule has 9 aromatic carbocycles. The van der Waals surface area contributed by atoms with Gasteiger partial charge in [-0.05, 0) is 195 Å². The monoisotopic (exact) mass is 878 g/mol. The van der Waals surface area contributed by atoms with E-state index >= 15 is 13.2 Å². The molecule has 0 N–H and O–H groups in total. The number of benzene rings is 9. The number of hydrogen-bond acceptors (Lipinski definition) is 4. The Morgan fingerprint density at radius 2 is 0.493 bits per heavy atom. The third kappa shape index (κ3) is 4.73. The summed E-state index contributed by atoms with van der Waals surface area (Å²) in [5, 5.41) is 0. The lowest BCUT2D eigenvalue weighted by Gasteiger charge is -2.54. The summed E-state index contributed by atoms with van der Waals surface area (Å²) in [6.45, 7) is -1.55. The number of rotatable bonds is 3. The normalized spacial score (nSPS) is 14.5. The quantitative estimate of drug-likeness (QED) is 0.133. The van der Waals surface area contributed by atoms with Crippen LogP contribution >= 0.6 is 0 Å². The maximum atomic E-state index is 16.0. The Kier molecular flexibility index (Phi) is 7.14. The van der Waals surface area contributed by atoms with Crippen molar-refractivity contribution < 1.29 is 26.3 Å². The number of halogens is 6. The fourth-order valence-electron chi connectivity index (χ4n) is 12.4. The van der Waals surface area contributed by atoms with E-state index in [-0.39, 0.29) is 17.5 Å². The molecular weight excluding hydrogens is 851 g/mol. The van der Waals surface area contributed by atoms with Crippen molar-refractivity contribution in [2.45, 2.75) is 0 Å². The van der Waals surface area contributed by atoms with Crippen LogP contribution in [0.25, 0.3) is 0 Å².